The molecule has 4 rings (SSSR count). The minimum atomic E-state index is -0.590. The molecule has 2 nitrogen and oxygen atoms in total. The molecule has 4 aromatic rings. The topological polar surface area (TPSA) is 40.5 Å². The minimum Gasteiger partial charge on any atom is -0.388 e. The van der Waals surface area contributed by atoms with Crippen molar-refractivity contribution >= 4 is 21.5 Å². The van der Waals surface area contributed by atoms with Gasteiger partial charge in [0.2, 0.25) is 0 Å². The van der Waals surface area contributed by atoms with Crippen LogP contribution in [0.2, 0.25) is 0 Å². The van der Waals surface area contributed by atoms with E-state index in [-0.39, 0.29) is 11.8 Å². The Morgan fingerprint density at radius 3 is 1.23 bits per heavy atom. The smallest absolute Gasteiger partial charge is 0.0819 e. The van der Waals surface area contributed by atoms with Gasteiger partial charge in [-0.15, -0.1) is 0 Å². The third-order valence-electron chi connectivity index (χ3n) is 6.07. The zero-order valence-corrected chi connectivity index (χ0v) is 18.1. The second-order valence-corrected chi connectivity index (χ2v) is 8.88. The summed E-state index contributed by atoms with van der Waals surface area (Å²) in [5.41, 5.74) is 3.89. The van der Waals surface area contributed by atoms with Crippen LogP contribution in [0.15, 0.2) is 72.8 Å². The summed E-state index contributed by atoms with van der Waals surface area (Å²) in [6.45, 7) is 8.15. The molecular formula is C28H30O2. The molecule has 0 bridgehead atoms. The number of aliphatic hydroxyl groups is 2. The summed E-state index contributed by atoms with van der Waals surface area (Å²) >= 11 is 0. The summed E-state index contributed by atoms with van der Waals surface area (Å²) in [6.07, 6.45) is -1.18. The molecule has 0 radical (unpaired) electrons. The molecule has 0 aromatic heterocycles. The van der Waals surface area contributed by atoms with Gasteiger partial charge in [0, 0.05) is 0 Å². The Kier molecular flexibility index (Phi) is 5.64. The highest BCUT2D eigenvalue weighted by Crippen LogP contribution is 2.44. The van der Waals surface area contributed by atoms with E-state index in [4.69, 9.17) is 0 Å². The second-order valence-electron chi connectivity index (χ2n) is 8.88. The third kappa shape index (κ3) is 3.51. The van der Waals surface area contributed by atoms with Crippen molar-refractivity contribution in [3.8, 4) is 11.1 Å². The molecule has 0 saturated heterocycles. The number of fused-ring (bicyclic) bond motifs is 2. The van der Waals surface area contributed by atoms with Gasteiger partial charge in [-0.05, 0) is 55.6 Å². The van der Waals surface area contributed by atoms with Gasteiger partial charge in [-0.1, -0.05) is 100 Å². The molecule has 30 heavy (non-hydrogen) atoms. The lowest BCUT2D eigenvalue weighted by Gasteiger charge is -2.26. The van der Waals surface area contributed by atoms with Gasteiger partial charge < -0.3 is 10.2 Å². The van der Waals surface area contributed by atoms with Gasteiger partial charge in [0.15, 0.2) is 0 Å². The largest absolute Gasteiger partial charge is 0.388 e. The number of aliphatic hydroxyl groups excluding tert-OH is 2. The van der Waals surface area contributed by atoms with Crippen molar-refractivity contribution in [1.29, 1.82) is 0 Å². The van der Waals surface area contributed by atoms with E-state index in [0.717, 1.165) is 43.8 Å². The summed E-state index contributed by atoms with van der Waals surface area (Å²) in [5, 5.41) is 26.8. The van der Waals surface area contributed by atoms with E-state index >= 15 is 0 Å². The van der Waals surface area contributed by atoms with Gasteiger partial charge in [0.05, 0.1) is 12.2 Å². The molecule has 2 atom stereocenters. The average Bonchev–Trinajstić information content (AvgIpc) is 2.76. The highest BCUT2D eigenvalue weighted by atomic mass is 16.3. The fourth-order valence-corrected chi connectivity index (χ4v) is 4.35. The lowest BCUT2D eigenvalue weighted by Crippen LogP contribution is -2.11. The first-order valence-corrected chi connectivity index (χ1v) is 10.8. The van der Waals surface area contributed by atoms with Crippen molar-refractivity contribution in [3.63, 3.8) is 0 Å². The molecular weight excluding hydrogens is 368 g/mol. The van der Waals surface area contributed by atoms with Crippen LogP contribution in [0.3, 0.4) is 0 Å². The fraction of sp³-hybridized carbons (Fsp3) is 0.286. The zero-order chi connectivity index (χ0) is 21.4. The summed E-state index contributed by atoms with van der Waals surface area (Å²) in [5.74, 6) is 0.164. The lowest BCUT2D eigenvalue weighted by atomic mass is 9.81. The van der Waals surface area contributed by atoms with Crippen LogP contribution in [0, 0.1) is 11.8 Å². The SMILES string of the molecule is CC(C)[C@H](O)c1ccc2ccccc2c1-c1c([C@@H](O)C(C)C)ccc2ccccc12. The highest BCUT2D eigenvalue weighted by Gasteiger charge is 2.25. The number of benzene rings is 4. The maximum absolute atomic E-state index is 11.1. The molecule has 0 unspecified atom stereocenters. The number of rotatable bonds is 5. The first-order valence-electron chi connectivity index (χ1n) is 10.8. The van der Waals surface area contributed by atoms with E-state index in [1.807, 2.05) is 52.0 Å². The molecule has 154 valence electrons. The van der Waals surface area contributed by atoms with E-state index < -0.39 is 12.2 Å². The van der Waals surface area contributed by atoms with Crippen LogP contribution in [0.25, 0.3) is 32.7 Å². The summed E-state index contributed by atoms with van der Waals surface area (Å²) in [7, 11) is 0. The van der Waals surface area contributed by atoms with Crippen molar-refractivity contribution in [2.45, 2.75) is 39.9 Å². The molecule has 2 heteroatoms. The molecule has 0 aliphatic carbocycles. The molecule has 4 aromatic carbocycles. The van der Waals surface area contributed by atoms with Crippen molar-refractivity contribution in [2.75, 3.05) is 0 Å². The van der Waals surface area contributed by atoms with E-state index in [0.29, 0.717) is 0 Å². The third-order valence-corrected chi connectivity index (χ3v) is 6.07. The van der Waals surface area contributed by atoms with E-state index in [2.05, 4.69) is 48.5 Å². The van der Waals surface area contributed by atoms with Gasteiger partial charge in [0.25, 0.3) is 0 Å². The van der Waals surface area contributed by atoms with E-state index in [9.17, 15) is 10.2 Å². The van der Waals surface area contributed by atoms with Gasteiger partial charge in [-0.3, -0.25) is 0 Å². The first kappa shape index (κ1) is 20.6. The van der Waals surface area contributed by atoms with Gasteiger partial charge >= 0.3 is 0 Å². The number of hydrogen-bond acceptors (Lipinski definition) is 2. The Bertz CT molecular complexity index is 1090. The second kappa shape index (κ2) is 8.22. The lowest BCUT2D eigenvalue weighted by molar-refractivity contribution is 0.126. The molecule has 0 amide bonds. The van der Waals surface area contributed by atoms with Crippen LogP contribution < -0.4 is 0 Å². The predicted molar refractivity (Wildman–Crippen MR) is 126 cm³/mol. The predicted octanol–water partition coefficient (Wildman–Crippen LogP) is 7.04. The van der Waals surface area contributed by atoms with Crippen LogP contribution in [0.1, 0.15) is 51.0 Å². The standard InChI is InChI=1S/C28H30O2/c1-17(2)27(29)23-15-13-19-9-5-7-11-21(19)25(23)26-22-12-8-6-10-20(22)14-16-24(26)28(30)18(3)4/h5-18,27-30H,1-4H3/t27-,28-/m0/s1. The Hall–Kier alpha value is -2.68. The quantitative estimate of drug-likeness (QED) is 0.378. The monoisotopic (exact) mass is 398 g/mol. The van der Waals surface area contributed by atoms with Crippen LogP contribution in [-0.4, -0.2) is 10.2 Å². The number of hydrogen-bond donors (Lipinski definition) is 2. The van der Waals surface area contributed by atoms with Crippen molar-refractivity contribution in [3.05, 3.63) is 83.9 Å². The summed E-state index contributed by atoms with van der Waals surface area (Å²) in [4.78, 5) is 0. The zero-order valence-electron chi connectivity index (χ0n) is 18.1. The Morgan fingerprint density at radius 2 is 0.867 bits per heavy atom. The van der Waals surface area contributed by atoms with Crippen LogP contribution in [0.4, 0.5) is 0 Å². The Balaban J connectivity index is 2.19. The molecule has 2 N–H and O–H groups in total. The van der Waals surface area contributed by atoms with Crippen molar-refractivity contribution in [2.24, 2.45) is 11.8 Å². The minimum absolute atomic E-state index is 0.0818. The molecule has 0 heterocycles. The fourth-order valence-electron chi connectivity index (χ4n) is 4.35. The molecule has 0 saturated carbocycles. The maximum atomic E-state index is 11.1. The van der Waals surface area contributed by atoms with Gasteiger partial charge in [-0.2, -0.15) is 0 Å². The summed E-state index contributed by atoms with van der Waals surface area (Å²) < 4.78 is 0. The van der Waals surface area contributed by atoms with Crippen molar-refractivity contribution in [1.82, 2.24) is 0 Å². The van der Waals surface area contributed by atoms with Gasteiger partial charge in [0.1, 0.15) is 0 Å². The van der Waals surface area contributed by atoms with Crippen LogP contribution >= 0.6 is 0 Å². The van der Waals surface area contributed by atoms with Crippen LogP contribution in [0.5, 0.6) is 0 Å². The molecule has 0 fully saturated rings. The highest BCUT2D eigenvalue weighted by molar-refractivity contribution is 6.08. The van der Waals surface area contributed by atoms with E-state index in [1.54, 1.807) is 0 Å². The Labute approximate surface area is 178 Å². The Morgan fingerprint density at radius 1 is 0.500 bits per heavy atom. The normalized spacial score (nSPS) is 14.0. The van der Waals surface area contributed by atoms with Gasteiger partial charge in [-0.25, -0.2) is 0 Å². The average molecular weight is 399 g/mol. The molecule has 0 aliphatic rings. The summed E-state index contributed by atoms with van der Waals surface area (Å²) in [6, 6.07) is 24.9. The molecule has 0 aliphatic heterocycles. The van der Waals surface area contributed by atoms with Crippen LogP contribution in [-0.2, 0) is 0 Å². The van der Waals surface area contributed by atoms with Crippen molar-refractivity contribution < 1.29 is 10.2 Å². The first-order chi connectivity index (χ1) is 14.4. The molecule has 0 spiro atoms. The maximum Gasteiger partial charge on any atom is 0.0819 e. The van der Waals surface area contributed by atoms with E-state index in [1.165, 1.54) is 0 Å².